The van der Waals surface area contributed by atoms with Gasteiger partial charge in [-0.1, -0.05) is 18.2 Å². The van der Waals surface area contributed by atoms with Gasteiger partial charge in [0.2, 0.25) is 5.88 Å². The van der Waals surface area contributed by atoms with Gasteiger partial charge in [-0.3, -0.25) is 9.78 Å². The van der Waals surface area contributed by atoms with E-state index in [9.17, 15) is 4.79 Å². The molecule has 1 amide bonds. The van der Waals surface area contributed by atoms with Gasteiger partial charge in [0.05, 0.1) is 7.11 Å². The molecule has 0 spiro atoms. The Labute approximate surface area is 157 Å². The molecule has 0 atom stereocenters. The van der Waals surface area contributed by atoms with Crippen LogP contribution < -0.4 is 9.47 Å². The van der Waals surface area contributed by atoms with Crippen molar-refractivity contribution in [2.75, 3.05) is 20.2 Å². The Bertz CT molecular complexity index is 947. The van der Waals surface area contributed by atoms with Gasteiger partial charge in [-0.05, 0) is 24.3 Å². The third-order valence-corrected chi connectivity index (χ3v) is 4.81. The fraction of sp³-hybridized carbons (Fsp3) is 0.286. The Morgan fingerprint density at radius 3 is 2.59 bits per heavy atom. The van der Waals surface area contributed by atoms with Gasteiger partial charge >= 0.3 is 0 Å². The molecule has 138 valence electrons. The van der Waals surface area contributed by atoms with Gasteiger partial charge < -0.3 is 14.4 Å². The summed E-state index contributed by atoms with van der Waals surface area (Å²) in [7, 11) is 1.53. The van der Waals surface area contributed by atoms with Gasteiger partial charge in [0.1, 0.15) is 22.9 Å². The number of carbonyl (C=O) groups excluding carboxylic acids is 1. The predicted octanol–water partition coefficient (Wildman–Crippen LogP) is 3.32. The van der Waals surface area contributed by atoms with Crippen LogP contribution >= 0.6 is 0 Å². The maximum absolute atomic E-state index is 12.8. The number of pyridine rings is 2. The molecule has 0 saturated carbocycles. The summed E-state index contributed by atoms with van der Waals surface area (Å²) in [4.78, 5) is 23.2. The highest BCUT2D eigenvalue weighted by Gasteiger charge is 2.27. The monoisotopic (exact) mass is 363 g/mol. The van der Waals surface area contributed by atoms with Crippen molar-refractivity contribution in [3.8, 4) is 11.6 Å². The summed E-state index contributed by atoms with van der Waals surface area (Å²) < 4.78 is 11.4. The summed E-state index contributed by atoms with van der Waals surface area (Å²) in [5.41, 5.74) is 1.37. The second-order valence-corrected chi connectivity index (χ2v) is 6.50. The molecular weight excluding hydrogens is 342 g/mol. The van der Waals surface area contributed by atoms with Crippen LogP contribution in [0.3, 0.4) is 0 Å². The van der Waals surface area contributed by atoms with Crippen LogP contribution in [0.1, 0.15) is 23.2 Å². The van der Waals surface area contributed by atoms with E-state index < -0.39 is 0 Å². The predicted molar refractivity (Wildman–Crippen MR) is 102 cm³/mol. The highest BCUT2D eigenvalue weighted by molar-refractivity contribution is 5.96. The quantitative estimate of drug-likeness (QED) is 0.711. The van der Waals surface area contributed by atoms with E-state index in [1.54, 1.807) is 24.5 Å². The van der Waals surface area contributed by atoms with Gasteiger partial charge in [-0.15, -0.1) is 0 Å². The molecule has 1 aliphatic rings. The number of nitrogens with zero attached hydrogens (tertiary/aromatic N) is 3. The standard InChI is InChI=1S/C21H21N3O3/c1-26-20-17(7-4-12-23-20)21(25)24-13-9-16(10-14-24)27-18-8-2-5-15-6-3-11-22-19(15)18/h2-8,11-12,16H,9-10,13-14H2,1H3. The first-order chi connectivity index (χ1) is 13.3. The number of ether oxygens (including phenoxy) is 2. The first-order valence-electron chi connectivity index (χ1n) is 9.05. The highest BCUT2D eigenvalue weighted by atomic mass is 16.5. The van der Waals surface area contributed by atoms with Crippen LogP contribution in [0.5, 0.6) is 11.6 Å². The molecule has 3 heterocycles. The van der Waals surface area contributed by atoms with Crippen LogP contribution in [-0.4, -0.2) is 47.1 Å². The summed E-state index contributed by atoms with van der Waals surface area (Å²) in [5, 5.41) is 1.06. The molecule has 6 nitrogen and oxygen atoms in total. The van der Waals surface area contributed by atoms with Crippen LogP contribution in [0, 0.1) is 0 Å². The number of methoxy groups -OCH3 is 1. The minimum absolute atomic E-state index is 0.0507. The first kappa shape index (κ1) is 17.3. The second-order valence-electron chi connectivity index (χ2n) is 6.50. The Morgan fingerprint density at radius 1 is 1.04 bits per heavy atom. The molecule has 0 radical (unpaired) electrons. The van der Waals surface area contributed by atoms with E-state index in [4.69, 9.17) is 9.47 Å². The molecule has 0 N–H and O–H groups in total. The third kappa shape index (κ3) is 3.56. The number of benzene rings is 1. The van der Waals surface area contributed by atoms with Crippen LogP contribution in [-0.2, 0) is 0 Å². The van der Waals surface area contributed by atoms with Crippen LogP contribution in [0.15, 0.2) is 54.9 Å². The van der Waals surface area contributed by atoms with Crippen molar-refractivity contribution in [2.45, 2.75) is 18.9 Å². The number of carbonyl (C=O) groups is 1. The van der Waals surface area contributed by atoms with Gasteiger partial charge in [-0.25, -0.2) is 4.98 Å². The van der Waals surface area contributed by atoms with Crippen molar-refractivity contribution in [1.82, 2.24) is 14.9 Å². The van der Waals surface area contributed by atoms with Gasteiger partial charge in [0.15, 0.2) is 0 Å². The molecule has 6 heteroatoms. The number of aromatic nitrogens is 2. The lowest BCUT2D eigenvalue weighted by atomic mass is 10.1. The molecular formula is C21H21N3O3. The molecule has 2 aromatic heterocycles. The third-order valence-electron chi connectivity index (χ3n) is 4.81. The minimum atomic E-state index is -0.0507. The Kier molecular flexibility index (Phi) is 4.87. The number of likely N-dealkylation sites (tertiary alicyclic amines) is 1. The fourth-order valence-electron chi connectivity index (χ4n) is 3.41. The molecule has 1 aromatic carbocycles. The van der Waals surface area contributed by atoms with Crippen LogP contribution in [0.4, 0.5) is 0 Å². The second kappa shape index (κ2) is 7.61. The van der Waals surface area contributed by atoms with Gasteiger partial charge in [-0.2, -0.15) is 0 Å². The lowest BCUT2D eigenvalue weighted by Gasteiger charge is -2.32. The number of fused-ring (bicyclic) bond motifs is 1. The summed E-state index contributed by atoms with van der Waals surface area (Å²) in [5.74, 6) is 1.11. The lowest BCUT2D eigenvalue weighted by Crippen LogP contribution is -2.42. The smallest absolute Gasteiger partial charge is 0.259 e. The molecule has 1 aliphatic heterocycles. The Hall–Kier alpha value is -3.15. The molecule has 4 rings (SSSR count). The maximum Gasteiger partial charge on any atom is 0.259 e. The first-order valence-corrected chi connectivity index (χ1v) is 9.05. The Balaban J connectivity index is 1.42. The summed E-state index contributed by atoms with van der Waals surface area (Å²) in [6.07, 6.45) is 5.01. The summed E-state index contributed by atoms with van der Waals surface area (Å²) in [6, 6.07) is 13.4. The molecule has 3 aromatic rings. The zero-order chi connectivity index (χ0) is 18.6. The van der Waals surface area contributed by atoms with E-state index in [-0.39, 0.29) is 12.0 Å². The zero-order valence-electron chi connectivity index (χ0n) is 15.2. The van der Waals surface area contributed by atoms with Gasteiger partial charge in [0, 0.05) is 43.7 Å². The number of piperidine rings is 1. The average Bonchev–Trinajstić information content (AvgIpc) is 2.74. The SMILES string of the molecule is COc1ncccc1C(=O)N1CCC(Oc2cccc3cccnc23)CC1. The average molecular weight is 363 g/mol. The molecule has 0 aliphatic carbocycles. The number of para-hydroxylation sites is 1. The normalized spacial score (nSPS) is 14.9. The van der Waals surface area contributed by atoms with Crippen molar-refractivity contribution in [1.29, 1.82) is 0 Å². The van der Waals surface area contributed by atoms with E-state index in [2.05, 4.69) is 9.97 Å². The summed E-state index contributed by atoms with van der Waals surface area (Å²) >= 11 is 0. The van der Waals surface area contributed by atoms with E-state index >= 15 is 0 Å². The number of hydrogen-bond acceptors (Lipinski definition) is 5. The Morgan fingerprint density at radius 2 is 1.78 bits per heavy atom. The van der Waals surface area contributed by atoms with E-state index in [0.717, 1.165) is 29.5 Å². The molecule has 27 heavy (non-hydrogen) atoms. The van der Waals surface area contributed by atoms with Crippen molar-refractivity contribution < 1.29 is 14.3 Å². The lowest BCUT2D eigenvalue weighted by molar-refractivity contribution is 0.0594. The zero-order valence-corrected chi connectivity index (χ0v) is 15.2. The van der Waals surface area contributed by atoms with Crippen LogP contribution in [0.25, 0.3) is 10.9 Å². The highest BCUT2D eigenvalue weighted by Crippen LogP contribution is 2.27. The maximum atomic E-state index is 12.8. The van der Waals surface area contributed by atoms with Gasteiger partial charge in [0.25, 0.3) is 5.91 Å². The summed E-state index contributed by atoms with van der Waals surface area (Å²) in [6.45, 7) is 1.28. The van der Waals surface area contributed by atoms with E-state index in [1.807, 2.05) is 35.2 Å². The molecule has 1 saturated heterocycles. The molecule has 0 unspecified atom stereocenters. The van der Waals surface area contributed by atoms with Crippen LogP contribution in [0.2, 0.25) is 0 Å². The van der Waals surface area contributed by atoms with Crippen molar-refractivity contribution in [2.24, 2.45) is 0 Å². The number of hydrogen-bond donors (Lipinski definition) is 0. The molecule has 0 bridgehead atoms. The van der Waals surface area contributed by atoms with Crippen molar-refractivity contribution >= 4 is 16.8 Å². The number of amides is 1. The molecule has 1 fully saturated rings. The minimum Gasteiger partial charge on any atom is -0.488 e. The topological polar surface area (TPSA) is 64.5 Å². The van der Waals surface area contributed by atoms with E-state index in [1.165, 1.54) is 7.11 Å². The fourth-order valence-corrected chi connectivity index (χ4v) is 3.41. The van der Waals surface area contributed by atoms with E-state index in [0.29, 0.717) is 24.5 Å². The van der Waals surface area contributed by atoms with Crippen molar-refractivity contribution in [3.05, 3.63) is 60.4 Å². The van der Waals surface area contributed by atoms with Crippen molar-refractivity contribution in [3.63, 3.8) is 0 Å². The number of rotatable bonds is 4. The largest absolute Gasteiger partial charge is 0.488 e.